The molecule has 188 valence electrons. The minimum absolute atomic E-state index is 0.0560. The standard InChI is InChI=1S/C26H22BrF3N2O2S2/c27-17-8-6-13(7-9-17)20-21-14-4-5-15(10-14)22(21)35-24-23(20)36-25(34)32(24)12-19(33)31-18-3-1-2-16(11-18)26(28,29)30/h1-3,6-9,11,14-15,20-22H,4-5,10,12H2,(H,31,33). The van der Waals surface area contributed by atoms with Gasteiger partial charge in [0.15, 0.2) is 0 Å². The summed E-state index contributed by atoms with van der Waals surface area (Å²) in [6.45, 7) is -0.230. The van der Waals surface area contributed by atoms with Gasteiger partial charge in [0.25, 0.3) is 0 Å². The first kappa shape index (κ1) is 24.3. The predicted octanol–water partition coefficient (Wildman–Crippen LogP) is 6.98. The predicted molar refractivity (Wildman–Crippen MR) is 139 cm³/mol. The van der Waals surface area contributed by atoms with E-state index in [-0.39, 0.29) is 23.0 Å². The summed E-state index contributed by atoms with van der Waals surface area (Å²) in [4.78, 5) is 26.8. The Labute approximate surface area is 222 Å². The first-order valence-electron chi connectivity index (χ1n) is 11.8. The zero-order valence-electron chi connectivity index (χ0n) is 18.9. The maximum absolute atomic E-state index is 13.1. The Hall–Kier alpha value is -2.04. The van der Waals surface area contributed by atoms with E-state index < -0.39 is 17.6 Å². The highest BCUT2D eigenvalue weighted by atomic mass is 79.9. The van der Waals surface area contributed by atoms with Crippen LogP contribution in [0.3, 0.4) is 0 Å². The minimum Gasteiger partial charge on any atom is -0.325 e. The number of fused-ring (bicyclic) bond motifs is 6. The van der Waals surface area contributed by atoms with Crippen LogP contribution in [0.4, 0.5) is 18.9 Å². The number of thioether (sulfide) groups is 1. The van der Waals surface area contributed by atoms with Crippen LogP contribution in [0.5, 0.6) is 0 Å². The number of alkyl halides is 3. The molecule has 3 aliphatic rings. The summed E-state index contributed by atoms with van der Waals surface area (Å²) in [6, 6.07) is 12.8. The fourth-order valence-electron chi connectivity index (χ4n) is 6.25. The number of anilines is 1. The number of hydrogen-bond acceptors (Lipinski definition) is 4. The van der Waals surface area contributed by atoms with Gasteiger partial charge in [-0.2, -0.15) is 13.2 Å². The van der Waals surface area contributed by atoms with Crippen molar-refractivity contribution in [3.8, 4) is 0 Å². The molecule has 1 amide bonds. The second-order valence-corrected chi connectivity index (χ2v) is 12.8. The van der Waals surface area contributed by atoms with E-state index in [0.29, 0.717) is 23.0 Å². The van der Waals surface area contributed by atoms with Crippen molar-refractivity contribution in [3.63, 3.8) is 0 Å². The third kappa shape index (κ3) is 4.24. The largest absolute Gasteiger partial charge is 0.416 e. The molecule has 1 N–H and O–H groups in total. The molecule has 2 aromatic carbocycles. The molecule has 3 aromatic rings. The van der Waals surface area contributed by atoms with E-state index in [1.54, 1.807) is 11.8 Å². The van der Waals surface area contributed by atoms with Crippen molar-refractivity contribution < 1.29 is 18.0 Å². The molecule has 2 fully saturated rings. The number of rotatable bonds is 4. The van der Waals surface area contributed by atoms with E-state index in [1.165, 1.54) is 52.9 Å². The lowest BCUT2D eigenvalue weighted by Crippen LogP contribution is -2.34. The van der Waals surface area contributed by atoms with Crippen molar-refractivity contribution in [2.24, 2.45) is 17.8 Å². The number of nitrogens with one attached hydrogen (secondary N) is 1. The van der Waals surface area contributed by atoms with Crippen LogP contribution in [0.2, 0.25) is 0 Å². The molecule has 36 heavy (non-hydrogen) atoms. The third-order valence-corrected chi connectivity index (χ3v) is 11.1. The van der Waals surface area contributed by atoms with Gasteiger partial charge in [-0.15, -0.1) is 11.8 Å². The zero-order chi connectivity index (χ0) is 25.2. The first-order chi connectivity index (χ1) is 17.2. The fraction of sp³-hybridized carbons (Fsp3) is 0.385. The lowest BCUT2D eigenvalue weighted by molar-refractivity contribution is -0.137. The Morgan fingerprint density at radius 3 is 2.61 bits per heavy atom. The summed E-state index contributed by atoms with van der Waals surface area (Å²) in [6.07, 6.45) is -0.861. The van der Waals surface area contributed by atoms with E-state index in [2.05, 4.69) is 33.4 Å². The van der Waals surface area contributed by atoms with Gasteiger partial charge in [-0.3, -0.25) is 14.2 Å². The molecular formula is C26H22BrF3N2O2S2. The number of nitrogens with zero attached hydrogens (tertiary/aromatic N) is 1. The Bertz CT molecular complexity index is 1390. The molecule has 0 radical (unpaired) electrons. The van der Waals surface area contributed by atoms with Gasteiger partial charge in [-0.25, -0.2) is 0 Å². The minimum atomic E-state index is -4.50. The molecule has 10 heteroatoms. The highest BCUT2D eigenvalue weighted by Crippen LogP contribution is 2.64. The Morgan fingerprint density at radius 2 is 1.86 bits per heavy atom. The Morgan fingerprint density at radius 1 is 1.11 bits per heavy atom. The second-order valence-electron chi connectivity index (χ2n) is 9.77. The monoisotopic (exact) mass is 594 g/mol. The summed E-state index contributed by atoms with van der Waals surface area (Å²) in [5.41, 5.74) is 0.408. The highest BCUT2D eigenvalue weighted by molar-refractivity contribution is 9.10. The average Bonchev–Trinajstić information content (AvgIpc) is 3.52. The van der Waals surface area contributed by atoms with Gasteiger partial charge in [0.05, 0.1) is 10.6 Å². The summed E-state index contributed by atoms with van der Waals surface area (Å²) < 4.78 is 41.7. The van der Waals surface area contributed by atoms with Gasteiger partial charge < -0.3 is 5.32 Å². The van der Waals surface area contributed by atoms with Crippen LogP contribution in [0.15, 0.2) is 62.8 Å². The molecule has 5 atom stereocenters. The SMILES string of the molecule is O=C(Cn1c2c(sc1=O)C(c1ccc(Br)cc1)C1C3CCC(C3)C1S2)Nc1cccc(C(F)(F)F)c1. The topological polar surface area (TPSA) is 51.1 Å². The number of carbonyl (C=O) groups is 1. The van der Waals surface area contributed by atoms with E-state index in [9.17, 15) is 22.8 Å². The number of thiazole rings is 1. The number of benzene rings is 2. The van der Waals surface area contributed by atoms with Crippen LogP contribution in [0.25, 0.3) is 0 Å². The van der Waals surface area contributed by atoms with Crippen molar-refractivity contribution in [1.29, 1.82) is 0 Å². The third-order valence-electron chi connectivity index (χ3n) is 7.70. The normalized spacial score (nSPS) is 26.5. The molecular weight excluding hydrogens is 573 g/mol. The van der Waals surface area contributed by atoms with Crippen LogP contribution in [-0.2, 0) is 17.5 Å². The fourth-order valence-corrected chi connectivity index (χ4v) is 9.66. The van der Waals surface area contributed by atoms with Crippen LogP contribution >= 0.6 is 39.0 Å². The van der Waals surface area contributed by atoms with Crippen molar-refractivity contribution in [1.82, 2.24) is 4.57 Å². The first-order valence-corrected chi connectivity index (χ1v) is 14.3. The quantitative estimate of drug-likeness (QED) is 0.354. The van der Waals surface area contributed by atoms with E-state index in [0.717, 1.165) is 26.5 Å². The van der Waals surface area contributed by atoms with E-state index in [1.807, 2.05) is 12.1 Å². The molecule has 1 aliphatic heterocycles. The number of amides is 1. The number of aromatic nitrogens is 1. The second kappa shape index (κ2) is 9.06. The lowest BCUT2D eigenvalue weighted by atomic mass is 9.75. The number of hydrogen-bond donors (Lipinski definition) is 1. The molecule has 0 spiro atoms. The van der Waals surface area contributed by atoms with Gasteiger partial charge in [0.2, 0.25) is 5.91 Å². The summed E-state index contributed by atoms with van der Waals surface area (Å²) in [7, 11) is 0. The van der Waals surface area contributed by atoms with Crippen molar-refractivity contribution in [2.75, 3.05) is 5.32 Å². The maximum atomic E-state index is 13.1. The van der Waals surface area contributed by atoms with Crippen molar-refractivity contribution in [3.05, 3.63) is 78.7 Å². The molecule has 0 saturated heterocycles. The maximum Gasteiger partial charge on any atom is 0.416 e. The van der Waals surface area contributed by atoms with Gasteiger partial charge >= 0.3 is 11.0 Å². The summed E-state index contributed by atoms with van der Waals surface area (Å²) >= 11 is 6.44. The summed E-state index contributed by atoms with van der Waals surface area (Å²) in [5.74, 6) is 1.31. The van der Waals surface area contributed by atoms with Crippen LogP contribution in [0.1, 0.15) is 41.2 Å². The van der Waals surface area contributed by atoms with Gasteiger partial charge in [-0.1, -0.05) is 45.5 Å². The van der Waals surface area contributed by atoms with Gasteiger partial charge in [0.1, 0.15) is 6.54 Å². The van der Waals surface area contributed by atoms with E-state index >= 15 is 0 Å². The number of halogens is 4. The molecule has 6 rings (SSSR count). The van der Waals surface area contributed by atoms with E-state index in [4.69, 9.17) is 0 Å². The Kier molecular flexibility index (Phi) is 6.12. The molecule has 4 nitrogen and oxygen atoms in total. The van der Waals surface area contributed by atoms with Gasteiger partial charge in [-0.05, 0) is 72.9 Å². The number of carbonyl (C=O) groups excluding carboxylic acids is 1. The van der Waals surface area contributed by atoms with Crippen molar-refractivity contribution >= 4 is 50.6 Å². The van der Waals surface area contributed by atoms with Crippen LogP contribution in [0, 0.1) is 17.8 Å². The van der Waals surface area contributed by atoms with Gasteiger partial charge in [0, 0.05) is 26.2 Å². The summed E-state index contributed by atoms with van der Waals surface area (Å²) in [5, 5.41) is 3.78. The van der Waals surface area contributed by atoms with Crippen LogP contribution in [-0.4, -0.2) is 15.7 Å². The molecule has 1 aromatic heterocycles. The average molecular weight is 596 g/mol. The molecule has 2 saturated carbocycles. The molecule has 2 bridgehead atoms. The lowest BCUT2D eigenvalue weighted by Gasteiger charge is -2.40. The highest BCUT2D eigenvalue weighted by Gasteiger charge is 2.55. The Balaban J connectivity index is 1.32. The smallest absolute Gasteiger partial charge is 0.325 e. The molecule has 2 heterocycles. The molecule has 2 aliphatic carbocycles. The van der Waals surface area contributed by atoms with Crippen molar-refractivity contribution in [2.45, 2.75) is 48.2 Å². The zero-order valence-corrected chi connectivity index (χ0v) is 22.1. The molecule has 5 unspecified atom stereocenters. The van der Waals surface area contributed by atoms with Crippen LogP contribution < -0.4 is 10.2 Å².